The highest BCUT2D eigenvalue weighted by Crippen LogP contribution is 2.27. The average Bonchev–Trinajstić information content (AvgIpc) is 3.14. The lowest BCUT2D eigenvalue weighted by atomic mass is 9.93. The van der Waals surface area contributed by atoms with Crippen LogP contribution in [0.2, 0.25) is 0 Å². The lowest BCUT2D eigenvalue weighted by Crippen LogP contribution is -2.49. The summed E-state index contributed by atoms with van der Waals surface area (Å²) in [6.45, 7) is 10.4. The van der Waals surface area contributed by atoms with E-state index >= 15 is 0 Å². The molecule has 7 nitrogen and oxygen atoms in total. The van der Waals surface area contributed by atoms with Gasteiger partial charge in [-0.1, -0.05) is 13.8 Å². The van der Waals surface area contributed by atoms with Crippen molar-refractivity contribution >= 4 is 35.8 Å². The highest BCUT2D eigenvalue weighted by Gasteiger charge is 2.28. The minimum absolute atomic E-state index is 0. The van der Waals surface area contributed by atoms with E-state index in [1.807, 2.05) is 18.7 Å². The van der Waals surface area contributed by atoms with Crippen molar-refractivity contribution in [3.05, 3.63) is 18.7 Å². The second kappa shape index (κ2) is 12.1. The van der Waals surface area contributed by atoms with Crippen molar-refractivity contribution in [3.8, 4) is 0 Å². The van der Waals surface area contributed by atoms with Gasteiger partial charge in [-0.25, -0.2) is 4.98 Å². The van der Waals surface area contributed by atoms with Crippen LogP contribution in [0.1, 0.15) is 46.1 Å². The van der Waals surface area contributed by atoms with E-state index in [9.17, 15) is 4.79 Å². The maximum atomic E-state index is 11.7. The van der Waals surface area contributed by atoms with E-state index in [2.05, 4.69) is 50.8 Å². The van der Waals surface area contributed by atoms with Crippen LogP contribution in [0.4, 0.5) is 0 Å². The molecule has 2 atom stereocenters. The Hall–Kier alpha value is -1.32. The third-order valence-electron chi connectivity index (χ3n) is 4.63. The number of aliphatic imine (C=N–C) groups is 1. The van der Waals surface area contributed by atoms with E-state index < -0.39 is 0 Å². The second-order valence-corrected chi connectivity index (χ2v) is 6.62. The summed E-state index contributed by atoms with van der Waals surface area (Å²) in [5, 5.41) is 6.27. The molecule has 2 heterocycles. The zero-order valence-electron chi connectivity index (χ0n) is 16.1. The minimum atomic E-state index is 0. The van der Waals surface area contributed by atoms with E-state index in [1.165, 1.54) is 0 Å². The number of imidazole rings is 1. The summed E-state index contributed by atoms with van der Waals surface area (Å²) in [7, 11) is 0. The molecule has 2 N–H and O–H groups in total. The van der Waals surface area contributed by atoms with Crippen LogP contribution in [0.25, 0.3) is 0 Å². The maximum Gasteiger partial charge on any atom is 0.221 e. The first kappa shape index (κ1) is 22.7. The molecular weight excluding hydrogens is 443 g/mol. The van der Waals surface area contributed by atoms with Crippen molar-refractivity contribution in [2.24, 2.45) is 10.9 Å². The SMILES string of the molecule is CCCNC(=O)CCN=C(NCC)N1CCC(C)C(n2ccnc2)C1.I. The molecule has 0 saturated carbocycles. The van der Waals surface area contributed by atoms with Gasteiger partial charge in [0.2, 0.25) is 5.91 Å². The minimum Gasteiger partial charge on any atom is -0.357 e. The lowest BCUT2D eigenvalue weighted by molar-refractivity contribution is -0.120. The van der Waals surface area contributed by atoms with Crippen LogP contribution >= 0.6 is 24.0 Å². The topological polar surface area (TPSA) is 74.6 Å². The Morgan fingerprint density at radius 1 is 1.35 bits per heavy atom. The molecule has 148 valence electrons. The normalized spacial score (nSPS) is 20.4. The molecule has 1 aromatic heterocycles. The van der Waals surface area contributed by atoms with Gasteiger partial charge in [0, 0.05) is 45.0 Å². The Morgan fingerprint density at radius 3 is 2.81 bits per heavy atom. The van der Waals surface area contributed by atoms with Crippen molar-refractivity contribution in [1.82, 2.24) is 25.1 Å². The smallest absolute Gasteiger partial charge is 0.221 e. The van der Waals surface area contributed by atoms with Gasteiger partial charge in [-0.05, 0) is 25.7 Å². The van der Waals surface area contributed by atoms with E-state index in [0.717, 1.165) is 45.0 Å². The molecule has 2 unspecified atom stereocenters. The van der Waals surface area contributed by atoms with Gasteiger partial charge in [-0.3, -0.25) is 9.79 Å². The van der Waals surface area contributed by atoms with Crippen LogP contribution in [-0.2, 0) is 4.79 Å². The summed E-state index contributed by atoms with van der Waals surface area (Å²) in [4.78, 5) is 22.9. The van der Waals surface area contributed by atoms with Crippen LogP contribution in [0.15, 0.2) is 23.7 Å². The molecule has 26 heavy (non-hydrogen) atoms. The molecule has 1 fully saturated rings. The first-order valence-corrected chi connectivity index (χ1v) is 9.43. The molecule has 1 aromatic rings. The number of likely N-dealkylation sites (tertiary alicyclic amines) is 1. The molecule has 1 aliphatic heterocycles. The summed E-state index contributed by atoms with van der Waals surface area (Å²) in [5.41, 5.74) is 0. The van der Waals surface area contributed by atoms with Crippen molar-refractivity contribution < 1.29 is 4.79 Å². The largest absolute Gasteiger partial charge is 0.357 e. The lowest BCUT2D eigenvalue weighted by Gasteiger charge is -2.39. The number of piperidine rings is 1. The Labute approximate surface area is 174 Å². The number of nitrogens with zero attached hydrogens (tertiary/aromatic N) is 4. The van der Waals surface area contributed by atoms with E-state index in [1.54, 1.807) is 0 Å². The fraction of sp³-hybridized carbons (Fsp3) is 0.722. The van der Waals surface area contributed by atoms with Crippen LogP contribution in [0.3, 0.4) is 0 Å². The van der Waals surface area contributed by atoms with Gasteiger partial charge in [0.1, 0.15) is 0 Å². The van der Waals surface area contributed by atoms with E-state index in [0.29, 0.717) is 24.9 Å². The number of nitrogens with one attached hydrogen (secondary N) is 2. The zero-order valence-corrected chi connectivity index (χ0v) is 18.5. The molecule has 0 aromatic carbocycles. The standard InChI is InChI=1S/C18H32N6O.HI/c1-4-8-21-17(25)6-9-22-18(20-5-2)23-11-7-15(3)16(13-23)24-12-10-19-14-24;/h10,12,14-16H,4-9,11,13H2,1-3H3,(H,20,22)(H,21,25);1H. The van der Waals surface area contributed by atoms with Gasteiger partial charge in [0.15, 0.2) is 5.96 Å². The number of carbonyl (C=O) groups excluding carboxylic acids is 1. The number of halogens is 1. The first-order valence-electron chi connectivity index (χ1n) is 9.43. The highest BCUT2D eigenvalue weighted by atomic mass is 127. The first-order chi connectivity index (χ1) is 12.2. The number of rotatable bonds is 7. The summed E-state index contributed by atoms with van der Waals surface area (Å²) in [6, 6.07) is 0.396. The van der Waals surface area contributed by atoms with Gasteiger partial charge in [0.25, 0.3) is 0 Å². The molecule has 0 bridgehead atoms. The van der Waals surface area contributed by atoms with Crippen molar-refractivity contribution in [1.29, 1.82) is 0 Å². The molecule has 1 saturated heterocycles. The predicted molar refractivity (Wildman–Crippen MR) is 116 cm³/mol. The molecular formula is C18H33IN6O. The summed E-state index contributed by atoms with van der Waals surface area (Å²) >= 11 is 0. The van der Waals surface area contributed by atoms with E-state index in [-0.39, 0.29) is 29.9 Å². The third-order valence-corrected chi connectivity index (χ3v) is 4.63. The molecule has 8 heteroatoms. The summed E-state index contributed by atoms with van der Waals surface area (Å²) < 4.78 is 2.19. The van der Waals surface area contributed by atoms with Crippen LogP contribution < -0.4 is 10.6 Å². The molecule has 0 spiro atoms. The average molecular weight is 476 g/mol. The van der Waals surface area contributed by atoms with Crippen molar-refractivity contribution in [2.75, 3.05) is 32.7 Å². The molecule has 0 radical (unpaired) electrons. The number of hydrogen-bond donors (Lipinski definition) is 2. The number of amides is 1. The fourth-order valence-corrected chi connectivity index (χ4v) is 3.14. The quantitative estimate of drug-likeness (QED) is 0.360. The van der Waals surface area contributed by atoms with Crippen molar-refractivity contribution in [2.45, 2.75) is 46.1 Å². The fourth-order valence-electron chi connectivity index (χ4n) is 3.14. The van der Waals surface area contributed by atoms with Crippen LogP contribution in [0, 0.1) is 5.92 Å². The number of aromatic nitrogens is 2. The molecule has 1 aliphatic rings. The zero-order chi connectivity index (χ0) is 18.1. The van der Waals surface area contributed by atoms with Crippen molar-refractivity contribution in [3.63, 3.8) is 0 Å². The van der Waals surface area contributed by atoms with Crippen LogP contribution in [-0.4, -0.2) is 59.0 Å². The van der Waals surface area contributed by atoms with Gasteiger partial charge < -0.3 is 20.1 Å². The Kier molecular flexibility index (Phi) is 10.6. The maximum absolute atomic E-state index is 11.7. The molecule has 2 rings (SSSR count). The van der Waals surface area contributed by atoms with Gasteiger partial charge in [-0.15, -0.1) is 24.0 Å². The summed E-state index contributed by atoms with van der Waals surface area (Å²) in [6.07, 6.45) is 8.27. The highest BCUT2D eigenvalue weighted by molar-refractivity contribution is 14.0. The summed E-state index contributed by atoms with van der Waals surface area (Å²) in [5.74, 6) is 1.58. The number of hydrogen-bond acceptors (Lipinski definition) is 3. The van der Waals surface area contributed by atoms with E-state index in [4.69, 9.17) is 0 Å². The van der Waals surface area contributed by atoms with Gasteiger partial charge in [-0.2, -0.15) is 0 Å². The van der Waals surface area contributed by atoms with Gasteiger partial charge in [0.05, 0.1) is 18.9 Å². The predicted octanol–water partition coefficient (Wildman–Crippen LogP) is 2.27. The Balaban J connectivity index is 0.00000338. The molecule has 1 amide bonds. The third kappa shape index (κ3) is 6.77. The number of guanidine groups is 1. The Bertz CT molecular complexity index is 548. The molecule has 0 aliphatic carbocycles. The second-order valence-electron chi connectivity index (χ2n) is 6.62. The monoisotopic (exact) mass is 476 g/mol. The number of carbonyl (C=O) groups is 1. The van der Waals surface area contributed by atoms with Crippen LogP contribution in [0.5, 0.6) is 0 Å². The Morgan fingerprint density at radius 2 is 2.15 bits per heavy atom. The van der Waals surface area contributed by atoms with Gasteiger partial charge >= 0.3 is 0 Å².